The number of nitrogens with zero attached hydrogens (tertiary/aromatic N) is 2. The molecule has 4 rings (SSSR count). The zero-order valence-corrected chi connectivity index (χ0v) is 15.2. The average Bonchev–Trinajstić information content (AvgIpc) is 3.11. The molecule has 124 valence electrons. The molecule has 2 aromatic rings. The van der Waals surface area contributed by atoms with Gasteiger partial charge in [-0.2, -0.15) is 0 Å². The molecule has 0 unspecified atom stereocenters. The first kappa shape index (κ1) is 15.9. The van der Waals surface area contributed by atoms with Gasteiger partial charge >= 0.3 is 0 Å². The second-order valence-corrected chi connectivity index (χ2v) is 7.52. The lowest BCUT2D eigenvalue weighted by Gasteiger charge is -2.33. The highest BCUT2D eigenvalue weighted by Crippen LogP contribution is 2.26. The Morgan fingerprint density at radius 1 is 1.00 bits per heavy atom. The summed E-state index contributed by atoms with van der Waals surface area (Å²) < 4.78 is 0.880. The Morgan fingerprint density at radius 3 is 2.58 bits per heavy atom. The lowest BCUT2D eigenvalue weighted by atomic mass is 9.98. The van der Waals surface area contributed by atoms with Gasteiger partial charge in [0.15, 0.2) is 0 Å². The van der Waals surface area contributed by atoms with Crippen LogP contribution in [0.25, 0.3) is 0 Å². The molecule has 0 N–H and O–H groups in total. The molecule has 0 saturated carbocycles. The number of carbonyl (C=O) groups is 1. The second kappa shape index (κ2) is 6.69. The number of halogens is 1. The van der Waals surface area contributed by atoms with Crippen LogP contribution in [-0.4, -0.2) is 41.4 Å². The molecule has 1 atom stereocenters. The molecule has 1 saturated heterocycles. The first-order valence-electron chi connectivity index (χ1n) is 8.57. The maximum atomic E-state index is 12.8. The van der Waals surface area contributed by atoms with Gasteiger partial charge in [0.1, 0.15) is 0 Å². The van der Waals surface area contributed by atoms with Crippen LogP contribution in [0, 0.1) is 0 Å². The summed E-state index contributed by atoms with van der Waals surface area (Å²) in [5.41, 5.74) is 3.69. The molecule has 2 aliphatic rings. The average molecular weight is 385 g/mol. The Hall–Kier alpha value is -1.65. The first-order valence-corrected chi connectivity index (χ1v) is 9.36. The Kier molecular flexibility index (Phi) is 4.42. The van der Waals surface area contributed by atoms with E-state index in [2.05, 4.69) is 45.1 Å². The summed E-state index contributed by atoms with van der Waals surface area (Å²) in [6.45, 7) is 3.79. The van der Waals surface area contributed by atoms with Crippen molar-refractivity contribution in [3.05, 3.63) is 69.7 Å². The Labute approximate surface area is 151 Å². The van der Waals surface area contributed by atoms with Gasteiger partial charge in [-0.1, -0.05) is 36.4 Å². The summed E-state index contributed by atoms with van der Waals surface area (Å²) >= 11 is 3.50. The summed E-state index contributed by atoms with van der Waals surface area (Å²) in [4.78, 5) is 17.3. The van der Waals surface area contributed by atoms with Crippen LogP contribution in [0.2, 0.25) is 0 Å². The topological polar surface area (TPSA) is 23.6 Å². The van der Waals surface area contributed by atoms with Crippen LogP contribution >= 0.6 is 15.9 Å². The molecule has 0 bridgehead atoms. The molecule has 1 amide bonds. The zero-order valence-electron chi connectivity index (χ0n) is 13.6. The number of fused-ring (bicyclic) bond motifs is 1. The smallest absolute Gasteiger partial charge is 0.255 e. The van der Waals surface area contributed by atoms with Crippen LogP contribution in [0.5, 0.6) is 0 Å². The fourth-order valence-electron chi connectivity index (χ4n) is 3.86. The van der Waals surface area contributed by atoms with Gasteiger partial charge in [-0.3, -0.25) is 9.69 Å². The number of benzene rings is 2. The van der Waals surface area contributed by atoms with Gasteiger partial charge in [0.05, 0.1) is 5.56 Å². The third kappa shape index (κ3) is 3.01. The van der Waals surface area contributed by atoms with Crippen LogP contribution in [0.3, 0.4) is 0 Å². The Balaban J connectivity index is 1.44. The molecule has 2 aliphatic heterocycles. The normalized spacial score (nSPS) is 20.9. The number of carbonyl (C=O) groups excluding carboxylic acids is 1. The highest BCUT2D eigenvalue weighted by Gasteiger charge is 2.32. The van der Waals surface area contributed by atoms with Crippen LogP contribution in [0.15, 0.2) is 53.0 Å². The third-order valence-corrected chi connectivity index (χ3v) is 5.92. The molecule has 1 fully saturated rings. The van der Waals surface area contributed by atoms with E-state index < -0.39 is 0 Å². The molecule has 3 nitrogen and oxygen atoms in total. The fraction of sp³-hybridized carbons (Fsp3) is 0.350. The number of amides is 1. The van der Waals surface area contributed by atoms with Gasteiger partial charge < -0.3 is 4.90 Å². The Morgan fingerprint density at radius 2 is 1.75 bits per heavy atom. The standard InChI is InChI=1S/C20H21BrN2O/c21-19-8-4-3-7-18(19)20(24)23-12-10-17(14-23)22-11-9-15-5-1-2-6-16(15)13-22/h1-8,17H,9-14H2/t17-/m0/s1. The molecule has 2 aromatic carbocycles. The highest BCUT2D eigenvalue weighted by atomic mass is 79.9. The number of hydrogen-bond acceptors (Lipinski definition) is 2. The van der Waals surface area contributed by atoms with E-state index >= 15 is 0 Å². The first-order chi connectivity index (χ1) is 11.7. The summed E-state index contributed by atoms with van der Waals surface area (Å²) in [6.07, 6.45) is 2.18. The van der Waals surface area contributed by atoms with Crippen LogP contribution in [0.4, 0.5) is 0 Å². The summed E-state index contributed by atoms with van der Waals surface area (Å²) in [5.74, 6) is 0.141. The highest BCUT2D eigenvalue weighted by molar-refractivity contribution is 9.10. The minimum atomic E-state index is 0.141. The van der Waals surface area contributed by atoms with E-state index in [0.717, 1.165) is 49.1 Å². The van der Waals surface area contributed by atoms with E-state index in [-0.39, 0.29) is 5.91 Å². The largest absolute Gasteiger partial charge is 0.337 e. The van der Waals surface area contributed by atoms with Crippen molar-refractivity contribution < 1.29 is 4.79 Å². The Bertz CT molecular complexity index is 761. The quantitative estimate of drug-likeness (QED) is 0.787. The minimum absolute atomic E-state index is 0.141. The number of likely N-dealkylation sites (tertiary alicyclic amines) is 1. The van der Waals surface area contributed by atoms with Crippen LogP contribution < -0.4 is 0 Å². The fourth-order valence-corrected chi connectivity index (χ4v) is 4.31. The van der Waals surface area contributed by atoms with Gasteiger partial charge in [-0.15, -0.1) is 0 Å². The van der Waals surface area contributed by atoms with Gasteiger partial charge in [-0.05, 0) is 52.0 Å². The van der Waals surface area contributed by atoms with E-state index in [9.17, 15) is 4.79 Å². The van der Waals surface area contributed by atoms with Crippen molar-refractivity contribution in [1.82, 2.24) is 9.80 Å². The molecule has 0 radical (unpaired) electrons. The molecular weight excluding hydrogens is 364 g/mol. The third-order valence-electron chi connectivity index (χ3n) is 5.23. The van der Waals surface area contributed by atoms with E-state index in [0.29, 0.717) is 6.04 Å². The second-order valence-electron chi connectivity index (χ2n) is 6.66. The lowest BCUT2D eigenvalue weighted by molar-refractivity contribution is 0.0772. The lowest BCUT2D eigenvalue weighted by Crippen LogP contribution is -2.41. The maximum absolute atomic E-state index is 12.8. The van der Waals surface area contributed by atoms with Gasteiger partial charge in [0, 0.05) is 36.7 Å². The number of hydrogen-bond donors (Lipinski definition) is 0. The van der Waals surface area contributed by atoms with Crippen molar-refractivity contribution in [3.8, 4) is 0 Å². The molecule has 0 spiro atoms. The van der Waals surface area contributed by atoms with Crippen molar-refractivity contribution in [3.63, 3.8) is 0 Å². The van der Waals surface area contributed by atoms with Gasteiger partial charge in [0.2, 0.25) is 0 Å². The predicted molar refractivity (Wildman–Crippen MR) is 99.0 cm³/mol. The van der Waals surface area contributed by atoms with E-state index in [1.807, 2.05) is 29.2 Å². The van der Waals surface area contributed by atoms with Gasteiger partial charge in [0.25, 0.3) is 5.91 Å². The van der Waals surface area contributed by atoms with Crippen molar-refractivity contribution in [2.24, 2.45) is 0 Å². The van der Waals surface area contributed by atoms with E-state index in [4.69, 9.17) is 0 Å². The van der Waals surface area contributed by atoms with Gasteiger partial charge in [-0.25, -0.2) is 0 Å². The van der Waals surface area contributed by atoms with Crippen molar-refractivity contribution in [2.75, 3.05) is 19.6 Å². The van der Waals surface area contributed by atoms with E-state index in [1.54, 1.807) is 0 Å². The zero-order chi connectivity index (χ0) is 16.5. The predicted octanol–water partition coefficient (Wildman–Crippen LogP) is 3.72. The molecule has 0 aromatic heterocycles. The van der Waals surface area contributed by atoms with Crippen molar-refractivity contribution >= 4 is 21.8 Å². The summed E-state index contributed by atoms with van der Waals surface area (Å²) in [7, 11) is 0. The molecule has 2 heterocycles. The SMILES string of the molecule is O=C(c1ccccc1Br)N1CC[C@H](N2CCc3ccccc3C2)C1. The minimum Gasteiger partial charge on any atom is -0.337 e. The van der Waals surface area contributed by atoms with Crippen molar-refractivity contribution in [2.45, 2.75) is 25.4 Å². The molecule has 4 heteroatoms. The van der Waals surface area contributed by atoms with Crippen molar-refractivity contribution in [1.29, 1.82) is 0 Å². The molecule has 24 heavy (non-hydrogen) atoms. The molecule has 0 aliphatic carbocycles. The maximum Gasteiger partial charge on any atom is 0.255 e. The van der Waals surface area contributed by atoms with Crippen LogP contribution in [-0.2, 0) is 13.0 Å². The summed E-state index contributed by atoms with van der Waals surface area (Å²) in [5, 5.41) is 0. The summed E-state index contributed by atoms with van der Waals surface area (Å²) in [6, 6.07) is 16.9. The molecular formula is C20H21BrN2O. The van der Waals surface area contributed by atoms with Crippen LogP contribution in [0.1, 0.15) is 27.9 Å². The van der Waals surface area contributed by atoms with E-state index in [1.165, 1.54) is 11.1 Å². The monoisotopic (exact) mass is 384 g/mol. The number of rotatable bonds is 2.